The first-order chi connectivity index (χ1) is 7.94. The predicted molar refractivity (Wildman–Crippen MR) is 66.6 cm³/mol. The van der Waals surface area contributed by atoms with Gasteiger partial charge >= 0.3 is 6.09 Å². The van der Waals surface area contributed by atoms with Gasteiger partial charge in [0.25, 0.3) is 0 Å². The van der Waals surface area contributed by atoms with Crippen LogP contribution >= 0.6 is 0 Å². The average Bonchev–Trinajstić information content (AvgIpc) is 2.90. The van der Waals surface area contributed by atoms with Crippen molar-refractivity contribution in [2.24, 2.45) is 17.6 Å². The number of likely N-dealkylation sites (tertiary alicyclic amines) is 1. The van der Waals surface area contributed by atoms with Crippen molar-refractivity contribution in [2.75, 3.05) is 13.1 Å². The Kier molecular flexibility index (Phi) is 3.34. The van der Waals surface area contributed by atoms with E-state index in [2.05, 4.69) is 0 Å². The number of piperidine rings is 1. The van der Waals surface area contributed by atoms with E-state index in [0.29, 0.717) is 17.9 Å². The van der Waals surface area contributed by atoms with Crippen molar-refractivity contribution in [1.29, 1.82) is 0 Å². The number of carbonyl (C=O) groups excluding carboxylic acids is 1. The number of rotatable bonds is 2. The first-order valence-corrected chi connectivity index (χ1v) is 6.64. The van der Waals surface area contributed by atoms with Gasteiger partial charge in [0.2, 0.25) is 0 Å². The Morgan fingerprint density at radius 2 is 2.18 bits per heavy atom. The standard InChI is InChI=1S/C13H24N2O2/c1-13(2,3)17-12(16)15-8-4-5-9-10(6-7-14)11(9)15/h9-11H,4-8,14H2,1-3H3/t9-,10?,11-/m1/s1. The number of carbonyl (C=O) groups is 1. The maximum atomic E-state index is 12.1. The van der Waals surface area contributed by atoms with Crippen LogP contribution in [0.5, 0.6) is 0 Å². The van der Waals surface area contributed by atoms with Gasteiger partial charge in [-0.25, -0.2) is 4.79 Å². The number of nitrogens with zero attached hydrogens (tertiary/aromatic N) is 1. The maximum Gasteiger partial charge on any atom is 0.410 e. The number of fused-ring (bicyclic) bond motifs is 1. The largest absolute Gasteiger partial charge is 0.444 e. The van der Waals surface area contributed by atoms with Crippen LogP contribution in [0, 0.1) is 11.8 Å². The first kappa shape index (κ1) is 12.7. The van der Waals surface area contributed by atoms with Gasteiger partial charge in [-0.05, 0) is 58.4 Å². The van der Waals surface area contributed by atoms with E-state index in [1.54, 1.807) is 0 Å². The third-order valence-electron chi connectivity index (χ3n) is 3.71. The summed E-state index contributed by atoms with van der Waals surface area (Å²) in [6, 6.07) is 0.405. The van der Waals surface area contributed by atoms with Crippen LogP contribution in [0.15, 0.2) is 0 Å². The van der Waals surface area contributed by atoms with Gasteiger partial charge in [-0.2, -0.15) is 0 Å². The van der Waals surface area contributed by atoms with E-state index in [1.165, 1.54) is 6.42 Å². The van der Waals surface area contributed by atoms with Gasteiger partial charge in [-0.15, -0.1) is 0 Å². The highest BCUT2D eigenvalue weighted by molar-refractivity contribution is 5.69. The van der Waals surface area contributed by atoms with Crippen LogP contribution in [0.1, 0.15) is 40.0 Å². The lowest BCUT2D eigenvalue weighted by atomic mass is 10.1. The van der Waals surface area contributed by atoms with Crippen molar-refractivity contribution in [2.45, 2.75) is 51.7 Å². The van der Waals surface area contributed by atoms with Crippen molar-refractivity contribution in [3.05, 3.63) is 0 Å². The SMILES string of the molecule is CC(C)(C)OC(=O)N1CCC[C@@H]2C(CCN)[C@@H]21. The quantitative estimate of drug-likeness (QED) is 0.803. The molecule has 1 saturated carbocycles. The summed E-state index contributed by atoms with van der Waals surface area (Å²) < 4.78 is 5.46. The van der Waals surface area contributed by atoms with E-state index < -0.39 is 5.60 Å². The van der Waals surface area contributed by atoms with E-state index in [-0.39, 0.29) is 6.09 Å². The number of hydrogen-bond donors (Lipinski definition) is 1. The normalized spacial score (nSPS) is 32.0. The summed E-state index contributed by atoms with van der Waals surface area (Å²) in [5.41, 5.74) is 5.21. The molecule has 98 valence electrons. The second-order valence-electron chi connectivity index (χ2n) is 6.21. The molecule has 1 aliphatic heterocycles. The van der Waals surface area contributed by atoms with Gasteiger partial charge in [0.05, 0.1) is 0 Å². The van der Waals surface area contributed by atoms with Crippen molar-refractivity contribution in [3.63, 3.8) is 0 Å². The second kappa shape index (κ2) is 4.48. The zero-order valence-corrected chi connectivity index (χ0v) is 11.1. The Morgan fingerprint density at radius 1 is 1.47 bits per heavy atom. The molecule has 2 aliphatic rings. The van der Waals surface area contributed by atoms with Gasteiger partial charge in [0, 0.05) is 12.6 Å². The molecule has 1 amide bonds. The lowest BCUT2D eigenvalue weighted by Crippen LogP contribution is -2.41. The average molecular weight is 240 g/mol. The minimum atomic E-state index is -0.401. The smallest absolute Gasteiger partial charge is 0.410 e. The van der Waals surface area contributed by atoms with E-state index in [4.69, 9.17) is 10.5 Å². The highest BCUT2D eigenvalue weighted by Crippen LogP contribution is 2.51. The summed E-state index contributed by atoms with van der Waals surface area (Å²) in [5.74, 6) is 1.30. The van der Waals surface area contributed by atoms with Crippen LogP contribution in [0.3, 0.4) is 0 Å². The van der Waals surface area contributed by atoms with Gasteiger partial charge in [-0.1, -0.05) is 0 Å². The van der Waals surface area contributed by atoms with Crippen LogP contribution in [-0.2, 0) is 4.74 Å². The molecule has 4 nitrogen and oxygen atoms in total. The van der Waals surface area contributed by atoms with Gasteiger partial charge < -0.3 is 15.4 Å². The maximum absolute atomic E-state index is 12.1. The van der Waals surface area contributed by atoms with Crippen LogP contribution < -0.4 is 5.73 Å². The zero-order valence-electron chi connectivity index (χ0n) is 11.1. The Morgan fingerprint density at radius 3 is 2.76 bits per heavy atom. The van der Waals surface area contributed by atoms with Gasteiger partial charge in [0.1, 0.15) is 5.60 Å². The summed E-state index contributed by atoms with van der Waals surface area (Å²) in [6.45, 7) is 7.31. The lowest BCUT2D eigenvalue weighted by Gasteiger charge is -2.30. The van der Waals surface area contributed by atoms with Crippen LogP contribution in [0.4, 0.5) is 4.79 Å². The monoisotopic (exact) mass is 240 g/mol. The van der Waals surface area contributed by atoms with Crippen molar-refractivity contribution >= 4 is 6.09 Å². The van der Waals surface area contributed by atoms with E-state index in [0.717, 1.165) is 25.9 Å². The van der Waals surface area contributed by atoms with Crippen LogP contribution in [0.25, 0.3) is 0 Å². The second-order valence-corrected chi connectivity index (χ2v) is 6.21. The van der Waals surface area contributed by atoms with Crippen molar-refractivity contribution < 1.29 is 9.53 Å². The third kappa shape index (κ3) is 2.73. The Hall–Kier alpha value is -0.770. The molecular weight excluding hydrogens is 216 g/mol. The van der Waals surface area contributed by atoms with Crippen molar-refractivity contribution in [1.82, 2.24) is 4.90 Å². The molecular formula is C13H24N2O2. The molecule has 4 heteroatoms. The highest BCUT2D eigenvalue weighted by atomic mass is 16.6. The number of ether oxygens (including phenoxy) is 1. The number of hydrogen-bond acceptors (Lipinski definition) is 3. The molecule has 1 heterocycles. The molecule has 2 rings (SSSR count). The predicted octanol–water partition coefficient (Wildman–Crippen LogP) is 1.98. The fraction of sp³-hybridized carbons (Fsp3) is 0.923. The summed E-state index contributed by atoms with van der Waals surface area (Å²) in [5, 5.41) is 0. The molecule has 3 atom stereocenters. The minimum Gasteiger partial charge on any atom is -0.444 e. The molecule has 0 aromatic rings. The first-order valence-electron chi connectivity index (χ1n) is 6.64. The van der Waals surface area contributed by atoms with E-state index >= 15 is 0 Å². The fourth-order valence-corrected chi connectivity index (χ4v) is 3.03. The van der Waals surface area contributed by atoms with Gasteiger partial charge in [-0.3, -0.25) is 0 Å². The summed E-state index contributed by atoms with van der Waals surface area (Å²) >= 11 is 0. The Bertz CT molecular complexity index is 298. The summed E-state index contributed by atoms with van der Waals surface area (Å²) in [4.78, 5) is 14.0. The zero-order chi connectivity index (χ0) is 12.6. The highest BCUT2D eigenvalue weighted by Gasteiger charge is 2.56. The molecule has 0 bridgehead atoms. The fourth-order valence-electron chi connectivity index (χ4n) is 3.03. The molecule has 1 unspecified atom stereocenters. The van der Waals surface area contributed by atoms with E-state index in [1.807, 2.05) is 25.7 Å². The van der Waals surface area contributed by atoms with Crippen LogP contribution in [0.2, 0.25) is 0 Å². The summed E-state index contributed by atoms with van der Waals surface area (Å²) in [6.07, 6.45) is 3.23. The molecule has 1 aliphatic carbocycles. The number of amides is 1. The Labute approximate surface area is 103 Å². The third-order valence-corrected chi connectivity index (χ3v) is 3.71. The molecule has 0 spiro atoms. The molecule has 0 aromatic heterocycles. The molecule has 1 saturated heterocycles. The summed E-state index contributed by atoms with van der Waals surface area (Å²) in [7, 11) is 0. The number of nitrogens with two attached hydrogens (primary N) is 1. The van der Waals surface area contributed by atoms with Gasteiger partial charge in [0.15, 0.2) is 0 Å². The molecule has 2 N–H and O–H groups in total. The van der Waals surface area contributed by atoms with Crippen molar-refractivity contribution in [3.8, 4) is 0 Å². The Balaban J connectivity index is 1.95. The van der Waals surface area contributed by atoms with E-state index in [9.17, 15) is 4.79 Å². The van der Waals surface area contributed by atoms with Crippen LogP contribution in [-0.4, -0.2) is 35.7 Å². The molecule has 17 heavy (non-hydrogen) atoms. The topological polar surface area (TPSA) is 55.6 Å². The molecule has 0 radical (unpaired) electrons. The lowest BCUT2D eigenvalue weighted by molar-refractivity contribution is 0.0187. The minimum absolute atomic E-state index is 0.147. The molecule has 0 aromatic carbocycles. The molecule has 2 fully saturated rings.